The minimum Gasteiger partial charge on any atom is -0.317 e. The summed E-state index contributed by atoms with van der Waals surface area (Å²) in [6, 6.07) is 1.28. The van der Waals surface area contributed by atoms with Crippen LogP contribution < -0.4 is 10.2 Å². The number of halogens is 3. The van der Waals surface area contributed by atoms with E-state index in [1.165, 1.54) is 17.2 Å². The second kappa shape index (κ2) is 4.98. The van der Waals surface area contributed by atoms with Gasteiger partial charge in [-0.05, 0) is 37.4 Å². The molecule has 0 saturated carbocycles. The van der Waals surface area contributed by atoms with Crippen molar-refractivity contribution in [3.63, 3.8) is 0 Å². The predicted octanol–water partition coefficient (Wildman–Crippen LogP) is 2.21. The molecule has 0 bridgehead atoms. The van der Waals surface area contributed by atoms with Gasteiger partial charge in [-0.2, -0.15) is 13.2 Å². The molecule has 7 heteroatoms. The lowest BCUT2D eigenvalue weighted by Gasteiger charge is -2.33. The van der Waals surface area contributed by atoms with Crippen LogP contribution in [0.1, 0.15) is 24.8 Å². The summed E-state index contributed by atoms with van der Waals surface area (Å²) in [5.74, 6) is -0.228. The van der Waals surface area contributed by atoms with Crippen LogP contribution in [-0.2, 0) is 11.0 Å². The van der Waals surface area contributed by atoms with Crippen LogP contribution in [0.5, 0.6) is 0 Å². The number of carbonyl (C=O) groups excluding carboxylic acids is 1. The van der Waals surface area contributed by atoms with E-state index in [1.807, 2.05) is 0 Å². The molecule has 3 rings (SSSR count). The van der Waals surface area contributed by atoms with Crippen LogP contribution in [0.25, 0.3) is 0 Å². The van der Waals surface area contributed by atoms with E-state index in [2.05, 4.69) is 10.3 Å². The van der Waals surface area contributed by atoms with Crippen LogP contribution in [0.3, 0.4) is 0 Å². The van der Waals surface area contributed by atoms with Crippen molar-refractivity contribution < 1.29 is 18.0 Å². The number of amides is 1. The van der Waals surface area contributed by atoms with Gasteiger partial charge in [0.1, 0.15) is 0 Å². The Labute approximate surface area is 120 Å². The number of nitrogens with one attached hydrogen (secondary N) is 1. The summed E-state index contributed by atoms with van der Waals surface area (Å²) >= 11 is 0. The molecule has 4 nitrogen and oxygen atoms in total. The molecule has 0 radical (unpaired) electrons. The largest absolute Gasteiger partial charge is 0.419 e. The minimum absolute atomic E-state index is 0.0714. The summed E-state index contributed by atoms with van der Waals surface area (Å²) < 4.78 is 39.2. The Morgan fingerprint density at radius 1 is 1.29 bits per heavy atom. The number of piperidine rings is 1. The third kappa shape index (κ3) is 2.62. The van der Waals surface area contributed by atoms with Crippen molar-refractivity contribution in [2.24, 2.45) is 5.41 Å². The van der Waals surface area contributed by atoms with Gasteiger partial charge in [0.2, 0.25) is 5.91 Å². The molecule has 0 aliphatic carbocycles. The zero-order chi connectivity index (χ0) is 15.1. The molecule has 2 saturated heterocycles. The quantitative estimate of drug-likeness (QED) is 0.865. The second-order valence-electron chi connectivity index (χ2n) is 5.80. The first-order valence-corrected chi connectivity index (χ1v) is 6.94. The smallest absolute Gasteiger partial charge is 0.317 e. The molecule has 0 unspecified atom stereocenters. The summed E-state index contributed by atoms with van der Waals surface area (Å²) in [7, 11) is 0. The molecule has 1 spiro atoms. The Hall–Kier alpha value is -1.63. The van der Waals surface area contributed by atoms with Crippen LogP contribution in [-0.4, -0.2) is 30.5 Å². The van der Waals surface area contributed by atoms with Crippen molar-refractivity contribution in [1.82, 2.24) is 10.3 Å². The van der Waals surface area contributed by atoms with E-state index in [-0.39, 0.29) is 17.0 Å². The summed E-state index contributed by atoms with van der Waals surface area (Å²) in [4.78, 5) is 17.1. The first-order chi connectivity index (χ1) is 9.91. The fourth-order valence-corrected chi connectivity index (χ4v) is 3.25. The molecule has 0 aromatic carbocycles. The first-order valence-electron chi connectivity index (χ1n) is 6.94. The molecule has 2 aliphatic heterocycles. The van der Waals surface area contributed by atoms with Gasteiger partial charge >= 0.3 is 6.18 Å². The third-order valence-corrected chi connectivity index (χ3v) is 4.38. The molecule has 21 heavy (non-hydrogen) atoms. The van der Waals surface area contributed by atoms with Crippen molar-refractivity contribution in [2.75, 3.05) is 24.5 Å². The Morgan fingerprint density at radius 2 is 2.00 bits per heavy atom. The lowest BCUT2D eigenvalue weighted by atomic mass is 9.78. The first kappa shape index (κ1) is 14.3. The topological polar surface area (TPSA) is 45.2 Å². The van der Waals surface area contributed by atoms with E-state index in [4.69, 9.17) is 0 Å². The third-order valence-electron chi connectivity index (χ3n) is 4.38. The maximum atomic E-state index is 13.1. The van der Waals surface area contributed by atoms with Crippen molar-refractivity contribution >= 4 is 11.6 Å². The van der Waals surface area contributed by atoms with Crippen molar-refractivity contribution in [2.45, 2.75) is 25.4 Å². The number of aromatic nitrogens is 1. The zero-order valence-corrected chi connectivity index (χ0v) is 11.4. The molecule has 1 amide bonds. The van der Waals surface area contributed by atoms with Crippen LogP contribution >= 0.6 is 0 Å². The van der Waals surface area contributed by atoms with Crippen LogP contribution in [0.4, 0.5) is 18.9 Å². The number of hydrogen-bond acceptors (Lipinski definition) is 3. The molecule has 1 aromatic rings. The van der Waals surface area contributed by atoms with Crippen LogP contribution in [0, 0.1) is 5.41 Å². The van der Waals surface area contributed by atoms with E-state index in [1.54, 1.807) is 0 Å². The van der Waals surface area contributed by atoms with Crippen molar-refractivity contribution in [1.29, 1.82) is 0 Å². The number of hydrogen-bond donors (Lipinski definition) is 1. The molecule has 0 atom stereocenters. The molecule has 1 N–H and O–H groups in total. The van der Waals surface area contributed by atoms with E-state index < -0.39 is 11.7 Å². The van der Waals surface area contributed by atoms with Crippen molar-refractivity contribution in [3.8, 4) is 0 Å². The monoisotopic (exact) mass is 299 g/mol. The van der Waals surface area contributed by atoms with Gasteiger partial charge in [-0.15, -0.1) is 0 Å². The van der Waals surface area contributed by atoms with Gasteiger partial charge in [-0.25, -0.2) is 0 Å². The van der Waals surface area contributed by atoms with Gasteiger partial charge in [0.15, 0.2) is 0 Å². The molecular formula is C14H16F3N3O. The van der Waals surface area contributed by atoms with E-state index >= 15 is 0 Å². The average molecular weight is 299 g/mol. The van der Waals surface area contributed by atoms with Gasteiger partial charge in [-0.3, -0.25) is 9.78 Å². The Kier molecular flexibility index (Phi) is 3.39. The highest BCUT2D eigenvalue weighted by molar-refractivity contribution is 5.97. The number of rotatable bonds is 1. The summed E-state index contributed by atoms with van der Waals surface area (Å²) in [5.41, 5.74) is -1.10. The van der Waals surface area contributed by atoms with Crippen molar-refractivity contribution in [3.05, 3.63) is 24.0 Å². The highest BCUT2D eigenvalue weighted by Crippen LogP contribution is 2.44. The predicted molar refractivity (Wildman–Crippen MR) is 70.7 cm³/mol. The fraction of sp³-hybridized carbons (Fsp3) is 0.571. The molecule has 2 aliphatic rings. The molecule has 3 heterocycles. The lowest BCUT2D eigenvalue weighted by molar-refractivity contribution is -0.137. The lowest BCUT2D eigenvalue weighted by Crippen LogP contribution is -2.39. The maximum Gasteiger partial charge on any atom is 0.419 e. The zero-order valence-electron chi connectivity index (χ0n) is 11.4. The number of pyridine rings is 1. The summed E-state index contributed by atoms with van der Waals surface area (Å²) in [6.07, 6.45) is -0.452. The van der Waals surface area contributed by atoms with Crippen LogP contribution in [0.2, 0.25) is 0 Å². The Morgan fingerprint density at radius 3 is 2.67 bits per heavy atom. The van der Waals surface area contributed by atoms with Gasteiger partial charge in [0.25, 0.3) is 0 Å². The van der Waals surface area contributed by atoms with E-state index in [0.717, 1.165) is 32.1 Å². The number of alkyl halides is 3. The molecule has 2 fully saturated rings. The minimum atomic E-state index is -4.51. The van der Waals surface area contributed by atoms with E-state index in [9.17, 15) is 18.0 Å². The average Bonchev–Trinajstić information content (AvgIpc) is 2.75. The van der Waals surface area contributed by atoms with Gasteiger partial charge in [0.05, 0.1) is 11.3 Å². The van der Waals surface area contributed by atoms with Crippen LogP contribution in [0.15, 0.2) is 18.5 Å². The molecule has 114 valence electrons. The normalized spacial score (nSPS) is 22.0. The van der Waals surface area contributed by atoms with E-state index in [0.29, 0.717) is 13.0 Å². The summed E-state index contributed by atoms with van der Waals surface area (Å²) in [5, 5.41) is 3.22. The second-order valence-corrected chi connectivity index (χ2v) is 5.80. The number of anilines is 1. The standard InChI is InChI=1S/C14H16F3N3O/c15-14(16,17)10-8-19-4-1-11(10)20-9-13(7-12(20)21)2-5-18-6-3-13/h1,4,8,18H,2-3,5-7,9H2. The fourth-order valence-electron chi connectivity index (χ4n) is 3.25. The molecule has 1 aromatic heterocycles. The summed E-state index contributed by atoms with van der Waals surface area (Å²) in [6.45, 7) is 1.98. The molecular weight excluding hydrogens is 283 g/mol. The van der Waals surface area contributed by atoms with Gasteiger partial charge in [-0.1, -0.05) is 0 Å². The highest BCUT2D eigenvalue weighted by Gasteiger charge is 2.46. The van der Waals surface area contributed by atoms with Gasteiger partial charge in [0, 0.05) is 25.4 Å². The Bertz CT molecular complexity index is 553. The van der Waals surface area contributed by atoms with Gasteiger partial charge < -0.3 is 10.2 Å². The maximum absolute atomic E-state index is 13.1. The highest BCUT2D eigenvalue weighted by atomic mass is 19.4. The SMILES string of the molecule is O=C1CC2(CCNCC2)CN1c1ccncc1C(F)(F)F. The number of carbonyl (C=O) groups is 1. The Balaban J connectivity index is 1.93. The number of nitrogens with zero attached hydrogens (tertiary/aromatic N) is 2.